The second-order valence-corrected chi connectivity index (χ2v) is 3.86. The molecule has 0 saturated carbocycles. The number of nitrogens with one attached hydrogen (secondary N) is 1. The average Bonchev–Trinajstić information content (AvgIpc) is 3.03. The van der Waals surface area contributed by atoms with E-state index in [1.807, 2.05) is 24.3 Å². The number of hydrogen-bond acceptors (Lipinski definition) is 4. The Bertz CT molecular complexity index is 712. The zero-order chi connectivity index (χ0) is 12.5. The van der Waals surface area contributed by atoms with E-state index < -0.39 is 0 Å². The van der Waals surface area contributed by atoms with Gasteiger partial charge >= 0.3 is 0 Å². The molecule has 5 nitrogen and oxygen atoms in total. The van der Waals surface area contributed by atoms with Crippen molar-refractivity contribution in [3.05, 3.63) is 36.0 Å². The van der Waals surface area contributed by atoms with Gasteiger partial charge in [-0.2, -0.15) is 0 Å². The summed E-state index contributed by atoms with van der Waals surface area (Å²) in [5.74, 6) is 1.21. The Labute approximate surface area is 102 Å². The van der Waals surface area contributed by atoms with E-state index in [1.165, 1.54) is 6.20 Å². The number of rotatable bonds is 3. The first kappa shape index (κ1) is 10.6. The van der Waals surface area contributed by atoms with Crippen LogP contribution in [0.2, 0.25) is 0 Å². The number of carbonyl (C=O) groups is 1. The van der Waals surface area contributed by atoms with Crippen LogP contribution in [0.25, 0.3) is 22.4 Å². The van der Waals surface area contributed by atoms with Crippen LogP contribution in [0, 0.1) is 0 Å². The first-order valence-electron chi connectivity index (χ1n) is 5.39. The summed E-state index contributed by atoms with van der Waals surface area (Å²) in [6.45, 7) is 0. The summed E-state index contributed by atoms with van der Waals surface area (Å²) in [5.41, 5.74) is 2.06. The minimum absolute atomic E-state index is 0.425. The van der Waals surface area contributed by atoms with Gasteiger partial charge in [0.2, 0.25) is 0 Å². The van der Waals surface area contributed by atoms with E-state index in [9.17, 15) is 4.79 Å². The van der Waals surface area contributed by atoms with E-state index in [-0.39, 0.29) is 0 Å². The molecule has 0 aliphatic heterocycles. The van der Waals surface area contributed by atoms with Crippen molar-refractivity contribution < 1.29 is 14.1 Å². The molecule has 18 heavy (non-hydrogen) atoms. The monoisotopic (exact) mass is 242 g/mol. The van der Waals surface area contributed by atoms with Crippen LogP contribution in [-0.2, 0) is 0 Å². The van der Waals surface area contributed by atoms with Crippen molar-refractivity contribution in [3.8, 4) is 17.2 Å². The van der Waals surface area contributed by atoms with E-state index in [0.29, 0.717) is 11.3 Å². The molecule has 2 heterocycles. The smallest absolute Gasteiger partial charge is 0.193 e. The molecule has 5 heteroatoms. The molecule has 1 aromatic carbocycles. The lowest BCUT2D eigenvalue weighted by molar-refractivity contribution is 0.112. The van der Waals surface area contributed by atoms with Crippen LogP contribution in [0.1, 0.15) is 10.4 Å². The van der Waals surface area contributed by atoms with E-state index in [0.717, 1.165) is 28.6 Å². The number of carbonyl (C=O) groups excluding carboxylic acids is 1. The number of H-pyrrole nitrogens is 1. The second-order valence-electron chi connectivity index (χ2n) is 3.86. The topological polar surface area (TPSA) is 68.1 Å². The maximum atomic E-state index is 10.8. The molecule has 0 radical (unpaired) electrons. The maximum Gasteiger partial charge on any atom is 0.193 e. The summed E-state index contributed by atoms with van der Waals surface area (Å²) in [7, 11) is 1.62. The highest BCUT2D eigenvalue weighted by molar-refractivity contribution is 5.90. The number of aromatic nitrogens is 2. The Kier molecular flexibility index (Phi) is 2.37. The lowest BCUT2D eigenvalue weighted by Gasteiger charge is -1.97. The number of aromatic amines is 1. The zero-order valence-electron chi connectivity index (χ0n) is 9.64. The third kappa shape index (κ3) is 1.57. The molecule has 0 bridgehead atoms. The molecule has 0 spiro atoms. The molecule has 0 unspecified atom stereocenters. The summed E-state index contributed by atoms with van der Waals surface area (Å²) >= 11 is 0. The second kappa shape index (κ2) is 4.03. The lowest BCUT2D eigenvalue weighted by Crippen LogP contribution is -1.82. The fourth-order valence-corrected chi connectivity index (χ4v) is 1.89. The number of fused-ring (bicyclic) bond motifs is 1. The number of hydrogen-bond donors (Lipinski definition) is 1. The number of benzene rings is 1. The van der Waals surface area contributed by atoms with E-state index >= 15 is 0 Å². The van der Waals surface area contributed by atoms with Crippen LogP contribution in [0.4, 0.5) is 0 Å². The van der Waals surface area contributed by atoms with Crippen molar-refractivity contribution in [2.24, 2.45) is 0 Å². The van der Waals surface area contributed by atoms with E-state index in [2.05, 4.69) is 10.1 Å². The van der Waals surface area contributed by atoms with Gasteiger partial charge in [0, 0.05) is 17.0 Å². The van der Waals surface area contributed by atoms with E-state index in [4.69, 9.17) is 9.26 Å². The first-order chi connectivity index (χ1) is 8.81. The van der Waals surface area contributed by atoms with Gasteiger partial charge in [0.1, 0.15) is 5.75 Å². The van der Waals surface area contributed by atoms with Gasteiger partial charge in [-0.15, -0.1) is 0 Å². The van der Waals surface area contributed by atoms with Gasteiger partial charge in [0.25, 0.3) is 0 Å². The molecule has 90 valence electrons. The minimum atomic E-state index is 0.425. The Morgan fingerprint density at radius 1 is 1.39 bits per heavy atom. The summed E-state index contributed by atoms with van der Waals surface area (Å²) < 4.78 is 10.2. The van der Waals surface area contributed by atoms with Crippen LogP contribution in [0.5, 0.6) is 5.75 Å². The largest absolute Gasteiger partial charge is 0.497 e. The van der Waals surface area contributed by atoms with Crippen molar-refractivity contribution >= 4 is 17.2 Å². The standard InChI is InChI=1S/C13H10N2O3/c1-17-10-3-2-8-4-12(15-11(8)5-10)13-9(7-16)6-14-18-13/h2-7,15H,1H3. The number of ether oxygens (including phenoxy) is 1. The molecule has 3 rings (SSSR count). The third-order valence-corrected chi connectivity index (χ3v) is 2.80. The normalized spacial score (nSPS) is 10.7. The van der Waals surface area contributed by atoms with Crippen LogP contribution < -0.4 is 4.74 Å². The molecule has 0 amide bonds. The molecule has 0 atom stereocenters. The lowest BCUT2D eigenvalue weighted by atomic mass is 10.2. The Balaban J connectivity index is 2.16. The van der Waals surface area contributed by atoms with Crippen LogP contribution in [0.15, 0.2) is 35.0 Å². The predicted octanol–water partition coefficient (Wildman–Crippen LogP) is 2.64. The highest BCUT2D eigenvalue weighted by atomic mass is 16.5. The molecular weight excluding hydrogens is 232 g/mol. The molecule has 2 aromatic heterocycles. The Morgan fingerprint density at radius 2 is 2.28 bits per heavy atom. The molecular formula is C13H10N2O3. The predicted molar refractivity (Wildman–Crippen MR) is 65.7 cm³/mol. The van der Waals surface area contributed by atoms with Crippen LogP contribution >= 0.6 is 0 Å². The molecule has 0 saturated heterocycles. The molecule has 0 aliphatic rings. The van der Waals surface area contributed by atoms with Gasteiger partial charge < -0.3 is 14.2 Å². The van der Waals surface area contributed by atoms with Gasteiger partial charge in [-0.1, -0.05) is 5.16 Å². The highest BCUT2D eigenvalue weighted by Gasteiger charge is 2.12. The SMILES string of the molecule is COc1ccc2cc(-c3oncc3C=O)[nH]c2c1. The van der Waals surface area contributed by atoms with Crippen molar-refractivity contribution in [3.63, 3.8) is 0 Å². The summed E-state index contributed by atoms with van der Waals surface area (Å²) in [6, 6.07) is 7.60. The summed E-state index contributed by atoms with van der Waals surface area (Å²) in [6.07, 6.45) is 2.12. The average molecular weight is 242 g/mol. The quantitative estimate of drug-likeness (QED) is 0.717. The summed E-state index contributed by atoms with van der Waals surface area (Å²) in [4.78, 5) is 14.0. The number of nitrogens with zero attached hydrogens (tertiary/aromatic N) is 1. The zero-order valence-corrected chi connectivity index (χ0v) is 9.64. The fraction of sp³-hybridized carbons (Fsp3) is 0.0769. The first-order valence-corrected chi connectivity index (χ1v) is 5.39. The molecule has 0 fully saturated rings. The fourth-order valence-electron chi connectivity index (χ4n) is 1.89. The minimum Gasteiger partial charge on any atom is -0.497 e. The van der Waals surface area contributed by atoms with E-state index in [1.54, 1.807) is 7.11 Å². The van der Waals surface area contributed by atoms with Gasteiger partial charge in [0.05, 0.1) is 24.6 Å². The van der Waals surface area contributed by atoms with Gasteiger partial charge in [-0.25, -0.2) is 0 Å². The maximum absolute atomic E-state index is 10.8. The van der Waals surface area contributed by atoms with Gasteiger partial charge in [-0.3, -0.25) is 4.79 Å². The number of aldehydes is 1. The molecule has 0 aliphatic carbocycles. The van der Waals surface area contributed by atoms with Gasteiger partial charge in [-0.05, 0) is 18.2 Å². The third-order valence-electron chi connectivity index (χ3n) is 2.80. The van der Waals surface area contributed by atoms with Crippen molar-refractivity contribution in [1.82, 2.24) is 10.1 Å². The van der Waals surface area contributed by atoms with Crippen molar-refractivity contribution in [2.75, 3.05) is 7.11 Å². The Hall–Kier alpha value is -2.56. The molecule has 3 aromatic rings. The van der Waals surface area contributed by atoms with Crippen molar-refractivity contribution in [2.45, 2.75) is 0 Å². The van der Waals surface area contributed by atoms with Crippen LogP contribution in [-0.4, -0.2) is 23.5 Å². The van der Waals surface area contributed by atoms with Crippen molar-refractivity contribution in [1.29, 1.82) is 0 Å². The number of methoxy groups -OCH3 is 1. The Morgan fingerprint density at radius 3 is 3.06 bits per heavy atom. The summed E-state index contributed by atoms with van der Waals surface area (Å²) in [5, 5.41) is 4.64. The molecule has 1 N–H and O–H groups in total. The van der Waals surface area contributed by atoms with Crippen LogP contribution in [0.3, 0.4) is 0 Å². The highest BCUT2D eigenvalue weighted by Crippen LogP contribution is 2.28. The van der Waals surface area contributed by atoms with Gasteiger partial charge in [0.15, 0.2) is 12.0 Å².